The predicted octanol–water partition coefficient (Wildman–Crippen LogP) is 6.13. The van der Waals surface area contributed by atoms with Gasteiger partial charge in [0.2, 0.25) is 5.95 Å². The Hall–Kier alpha value is -3.41. The van der Waals surface area contributed by atoms with Crippen molar-refractivity contribution < 1.29 is 9.53 Å². The summed E-state index contributed by atoms with van der Waals surface area (Å²) < 4.78 is 5.52. The van der Waals surface area contributed by atoms with Crippen LogP contribution in [0.3, 0.4) is 0 Å². The van der Waals surface area contributed by atoms with Crippen LogP contribution in [0.4, 0.5) is 23.1 Å². The second kappa shape index (κ2) is 8.61. The van der Waals surface area contributed by atoms with Gasteiger partial charge >= 0.3 is 0 Å². The quantitative estimate of drug-likeness (QED) is 0.490. The number of carbonyl (C=O) groups is 1. The number of ether oxygens (including phenoxy) is 1. The molecule has 3 aromatic rings. The number of carbonyl (C=O) groups excluding carboxylic acids is 1. The molecular formula is C26H30N4O2. The maximum Gasteiger partial charge on any atom is 0.229 e. The van der Waals surface area contributed by atoms with E-state index in [9.17, 15) is 4.79 Å². The minimum Gasteiger partial charge on any atom is -0.494 e. The third-order valence-corrected chi connectivity index (χ3v) is 5.69. The fraction of sp³-hybridized carbons (Fsp3) is 0.346. The van der Waals surface area contributed by atoms with Crippen LogP contribution in [0.25, 0.3) is 0 Å². The highest BCUT2D eigenvalue weighted by Crippen LogP contribution is 2.38. The molecule has 0 amide bonds. The van der Waals surface area contributed by atoms with Crippen LogP contribution in [0.1, 0.15) is 54.4 Å². The molecule has 1 aromatic heterocycles. The number of fused-ring (bicyclic) bond motifs is 1. The van der Waals surface area contributed by atoms with E-state index in [2.05, 4.69) is 24.5 Å². The van der Waals surface area contributed by atoms with Crippen LogP contribution in [-0.2, 0) is 6.42 Å². The van der Waals surface area contributed by atoms with Crippen molar-refractivity contribution in [3.05, 3.63) is 64.8 Å². The van der Waals surface area contributed by atoms with Gasteiger partial charge in [0.1, 0.15) is 11.6 Å². The Bertz CT molecular complexity index is 1130. The molecule has 0 aliphatic heterocycles. The summed E-state index contributed by atoms with van der Waals surface area (Å²) in [4.78, 5) is 22.6. The first kappa shape index (κ1) is 21.8. The number of benzene rings is 2. The summed E-state index contributed by atoms with van der Waals surface area (Å²) in [6.07, 6.45) is 1.20. The SMILES string of the molecule is CCOc1ccc(Nc2nc3c(c(Nc4c(C)cccc4C)n2)C(=O)CC(C)(C)C3)cc1. The van der Waals surface area contributed by atoms with Gasteiger partial charge in [0.05, 0.1) is 17.9 Å². The highest BCUT2D eigenvalue weighted by atomic mass is 16.5. The van der Waals surface area contributed by atoms with E-state index in [1.807, 2.05) is 63.2 Å². The summed E-state index contributed by atoms with van der Waals surface area (Å²) in [5, 5.41) is 6.74. The molecule has 1 aliphatic carbocycles. The second-order valence-corrected chi connectivity index (χ2v) is 9.13. The first-order valence-corrected chi connectivity index (χ1v) is 11.0. The average Bonchev–Trinajstić information content (AvgIpc) is 2.71. The van der Waals surface area contributed by atoms with Gasteiger partial charge in [0, 0.05) is 17.8 Å². The number of nitrogens with zero attached hydrogens (tertiary/aromatic N) is 2. The van der Waals surface area contributed by atoms with Gasteiger partial charge in [-0.2, -0.15) is 4.98 Å². The molecule has 0 radical (unpaired) electrons. The maximum absolute atomic E-state index is 13.1. The molecule has 32 heavy (non-hydrogen) atoms. The van der Waals surface area contributed by atoms with E-state index in [0.717, 1.165) is 40.4 Å². The molecule has 0 fully saturated rings. The first-order valence-electron chi connectivity index (χ1n) is 11.0. The standard InChI is InChI=1S/C26H30N4O2/c1-6-32-19-12-10-18(11-13-19)27-25-28-20-14-26(4,5)15-21(31)22(20)24(30-25)29-23-16(2)8-7-9-17(23)3/h7-13H,6,14-15H2,1-5H3,(H2,27,28,29,30). The van der Waals surface area contributed by atoms with Crippen molar-refractivity contribution in [3.8, 4) is 5.75 Å². The lowest BCUT2D eigenvalue weighted by Crippen LogP contribution is -2.29. The fourth-order valence-corrected chi connectivity index (χ4v) is 4.17. The number of para-hydroxylation sites is 1. The molecule has 166 valence electrons. The second-order valence-electron chi connectivity index (χ2n) is 9.13. The zero-order valence-electron chi connectivity index (χ0n) is 19.4. The van der Waals surface area contributed by atoms with Crippen LogP contribution in [0.15, 0.2) is 42.5 Å². The molecule has 2 N–H and O–H groups in total. The van der Waals surface area contributed by atoms with E-state index in [1.54, 1.807) is 0 Å². The van der Waals surface area contributed by atoms with Crippen molar-refractivity contribution in [1.29, 1.82) is 0 Å². The molecule has 0 saturated heterocycles. The van der Waals surface area contributed by atoms with Gasteiger partial charge in [0.15, 0.2) is 5.78 Å². The lowest BCUT2D eigenvalue weighted by atomic mass is 9.75. The summed E-state index contributed by atoms with van der Waals surface area (Å²) in [5.41, 5.74) is 5.27. The maximum atomic E-state index is 13.1. The Morgan fingerprint density at radius 1 is 0.969 bits per heavy atom. The number of ketones is 1. The van der Waals surface area contributed by atoms with Crippen molar-refractivity contribution in [2.45, 2.75) is 47.5 Å². The largest absolute Gasteiger partial charge is 0.494 e. The van der Waals surface area contributed by atoms with E-state index in [0.29, 0.717) is 30.4 Å². The molecule has 0 saturated carbocycles. The molecule has 4 rings (SSSR count). The third-order valence-electron chi connectivity index (χ3n) is 5.69. The summed E-state index contributed by atoms with van der Waals surface area (Å²) >= 11 is 0. The monoisotopic (exact) mass is 430 g/mol. The van der Waals surface area contributed by atoms with E-state index < -0.39 is 0 Å². The zero-order valence-corrected chi connectivity index (χ0v) is 19.4. The van der Waals surface area contributed by atoms with Crippen LogP contribution in [-0.4, -0.2) is 22.4 Å². The molecule has 0 spiro atoms. The third kappa shape index (κ3) is 4.59. The lowest BCUT2D eigenvalue weighted by molar-refractivity contribution is 0.0911. The van der Waals surface area contributed by atoms with Crippen molar-refractivity contribution >= 4 is 28.9 Å². The van der Waals surface area contributed by atoms with Gasteiger partial charge in [-0.25, -0.2) is 4.98 Å². The number of Topliss-reactive ketones (excluding diaryl/α,β-unsaturated/α-hetero) is 1. The van der Waals surface area contributed by atoms with Crippen LogP contribution < -0.4 is 15.4 Å². The Morgan fingerprint density at radius 2 is 1.66 bits per heavy atom. The number of rotatable bonds is 6. The van der Waals surface area contributed by atoms with E-state index >= 15 is 0 Å². The molecule has 1 heterocycles. The number of aromatic nitrogens is 2. The highest BCUT2D eigenvalue weighted by molar-refractivity contribution is 6.03. The summed E-state index contributed by atoms with van der Waals surface area (Å²) in [6.45, 7) is 10.9. The summed E-state index contributed by atoms with van der Waals surface area (Å²) in [6, 6.07) is 13.8. The molecule has 0 bridgehead atoms. The number of nitrogens with one attached hydrogen (secondary N) is 2. The minimum atomic E-state index is -0.134. The van der Waals surface area contributed by atoms with Crippen molar-refractivity contribution in [2.75, 3.05) is 17.2 Å². The van der Waals surface area contributed by atoms with E-state index in [1.165, 1.54) is 0 Å². The minimum absolute atomic E-state index is 0.0811. The van der Waals surface area contributed by atoms with Crippen molar-refractivity contribution in [2.24, 2.45) is 5.41 Å². The smallest absolute Gasteiger partial charge is 0.229 e. The Kier molecular flexibility index (Phi) is 5.87. The van der Waals surface area contributed by atoms with Crippen molar-refractivity contribution in [3.63, 3.8) is 0 Å². The molecular weight excluding hydrogens is 400 g/mol. The Labute approximate surface area is 189 Å². The Morgan fingerprint density at radius 3 is 2.31 bits per heavy atom. The zero-order chi connectivity index (χ0) is 22.9. The first-order chi connectivity index (χ1) is 15.3. The normalized spacial score (nSPS) is 14.6. The summed E-state index contributed by atoms with van der Waals surface area (Å²) in [7, 11) is 0. The van der Waals surface area contributed by atoms with Gasteiger partial charge in [-0.15, -0.1) is 0 Å². The number of aryl methyl sites for hydroxylation is 2. The van der Waals surface area contributed by atoms with E-state index in [4.69, 9.17) is 14.7 Å². The molecule has 0 unspecified atom stereocenters. The van der Waals surface area contributed by atoms with Crippen LogP contribution in [0.5, 0.6) is 5.75 Å². The van der Waals surface area contributed by atoms with Crippen LogP contribution in [0.2, 0.25) is 0 Å². The number of anilines is 4. The average molecular weight is 431 g/mol. The van der Waals surface area contributed by atoms with E-state index in [-0.39, 0.29) is 11.2 Å². The van der Waals surface area contributed by atoms with Gasteiger partial charge in [-0.1, -0.05) is 32.0 Å². The molecule has 0 atom stereocenters. The fourth-order valence-electron chi connectivity index (χ4n) is 4.17. The van der Waals surface area contributed by atoms with Gasteiger partial charge in [-0.05, 0) is 68.0 Å². The molecule has 6 nitrogen and oxygen atoms in total. The van der Waals surface area contributed by atoms with Gasteiger partial charge in [0.25, 0.3) is 0 Å². The lowest BCUT2D eigenvalue weighted by Gasteiger charge is -2.30. The van der Waals surface area contributed by atoms with Crippen LogP contribution >= 0.6 is 0 Å². The summed E-state index contributed by atoms with van der Waals surface area (Å²) in [5.74, 6) is 1.92. The number of hydrogen-bond acceptors (Lipinski definition) is 6. The molecule has 2 aromatic carbocycles. The van der Waals surface area contributed by atoms with Crippen LogP contribution in [0, 0.1) is 19.3 Å². The number of hydrogen-bond donors (Lipinski definition) is 2. The molecule has 1 aliphatic rings. The van der Waals surface area contributed by atoms with Crippen molar-refractivity contribution in [1.82, 2.24) is 9.97 Å². The molecule has 6 heteroatoms. The van der Waals surface area contributed by atoms with Gasteiger partial charge in [-0.3, -0.25) is 4.79 Å². The van der Waals surface area contributed by atoms with Gasteiger partial charge < -0.3 is 15.4 Å². The predicted molar refractivity (Wildman–Crippen MR) is 129 cm³/mol. The topological polar surface area (TPSA) is 76.1 Å². The highest BCUT2D eigenvalue weighted by Gasteiger charge is 2.35. The Balaban J connectivity index is 1.75.